The van der Waals surface area contributed by atoms with Gasteiger partial charge in [-0.05, 0) is 37.0 Å². The zero-order chi connectivity index (χ0) is 12.5. The highest BCUT2D eigenvalue weighted by molar-refractivity contribution is 6.31. The van der Waals surface area contributed by atoms with Crippen LogP contribution in [0.15, 0.2) is 6.07 Å². The molecular formula is C13H17ClO2. The molecule has 0 bridgehead atoms. The van der Waals surface area contributed by atoms with Gasteiger partial charge in [-0.1, -0.05) is 25.4 Å². The van der Waals surface area contributed by atoms with Gasteiger partial charge in [0.1, 0.15) is 11.5 Å². The fourth-order valence-corrected chi connectivity index (χ4v) is 1.95. The number of carbonyl (C=O) groups excluding carboxylic acids is 1. The number of carbonyl (C=O) groups is 1. The van der Waals surface area contributed by atoms with Crippen molar-refractivity contribution in [2.45, 2.75) is 40.0 Å². The van der Waals surface area contributed by atoms with Crippen LogP contribution in [-0.4, -0.2) is 10.9 Å². The molecule has 0 spiro atoms. The molecule has 0 unspecified atom stereocenters. The van der Waals surface area contributed by atoms with Crippen LogP contribution in [0.25, 0.3) is 0 Å². The lowest BCUT2D eigenvalue weighted by molar-refractivity contribution is -0.116. The number of phenols is 1. The first-order valence-electron chi connectivity index (χ1n) is 5.34. The summed E-state index contributed by atoms with van der Waals surface area (Å²) in [6.45, 7) is 7.30. The summed E-state index contributed by atoms with van der Waals surface area (Å²) in [7, 11) is 0. The van der Waals surface area contributed by atoms with Crippen molar-refractivity contribution in [2.24, 2.45) is 0 Å². The molecule has 0 aliphatic rings. The molecule has 0 heterocycles. The zero-order valence-corrected chi connectivity index (χ0v) is 10.9. The number of phenolic OH excluding ortho intramolecular Hbond substituents is 1. The smallest absolute Gasteiger partial charge is 0.134 e. The minimum atomic E-state index is 0.0235. The van der Waals surface area contributed by atoms with E-state index in [2.05, 4.69) is 0 Å². The van der Waals surface area contributed by atoms with E-state index < -0.39 is 0 Å². The minimum Gasteiger partial charge on any atom is -0.507 e. The molecule has 88 valence electrons. The molecule has 0 atom stereocenters. The molecule has 1 N–H and O–H groups in total. The number of aromatic hydroxyl groups is 1. The Hall–Kier alpha value is -1.02. The summed E-state index contributed by atoms with van der Waals surface area (Å²) in [6, 6.07) is 1.78. The average Bonchev–Trinajstić information content (AvgIpc) is 2.17. The first kappa shape index (κ1) is 13.0. The van der Waals surface area contributed by atoms with Gasteiger partial charge >= 0.3 is 0 Å². The molecule has 0 aromatic heterocycles. The maximum absolute atomic E-state index is 11.2. The third-order valence-electron chi connectivity index (χ3n) is 2.70. The Kier molecular flexibility index (Phi) is 3.98. The van der Waals surface area contributed by atoms with Crippen LogP contribution in [0.5, 0.6) is 5.75 Å². The minimum absolute atomic E-state index is 0.0235. The third-order valence-corrected chi connectivity index (χ3v) is 3.09. The van der Waals surface area contributed by atoms with E-state index in [0.29, 0.717) is 10.6 Å². The van der Waals surface area contributed by atoms with Crippen LogP contribution in [0.2, 0.25) is 5.02 Å². The maximum atomic E-state index is 11.2. The van der Waals surface area contributed by atoms with Gasteiger partial charge in [-0.3, -0.25) is 4.79 Å². The second-order valence-corrected chi connectivity index (χ2v) is 4.84. The molecule has 0 aliphatic heterocycles. The monoisotopic (exact) mass is 240 g/mol. The lowest BCUT2D eigenvalue weighted by Crippen LogP contribution is -2.03. The summed E-state index contributed by atoms with van der Waals surface area (Å²) in [4.78, 5) is 11.2. The second kappa shape index (κ2) is 4.88. The highest BCUT2D eigenvalue weighted by Gasteiger charge is 2.16. The van der Waals surface area contributed by atoms with Gasteiger partial charge in [0.25, 0.3) is 0 Å². The molecule has 0 fully saturated rings. The predicted octanol–water partition coefficient (Wildman–Crippen LogP) is 3.61. The number of hydrogen-bond donors (Lipinski definition) is 1. The van der Waals surface area contributed by atoms with Crippen molar-refractivity contribution in [2.75, 3.05) is 0 Å². The molecule has 1 aromatic rings. The Balaban J connectivity index is 3.39. The summed E-state index contributed by atoms with van der Waals surface area (Å²) in [5, 5.41) is 10.7. The van der Waals surface area contributed by atoms with Gasteiger partial charge in [-0.15, -0.1) is 0 Å². The third kappa shape index (κ3) is 2.56. The van der Waals surface area contributed by atoms with E-state index >= 15 is 0 Å². The van der Waals surface area contributed by atoms with Crippen molar-refractivity contribution < 1.29 is 9.90 Å². The number of Topliss-reactive ketones (excluding diaryl/α,β-unsaturated/α-hetero) is 1. The Bertz CT molecular complexity index is 422. The average molecular weight is 241 g/mol. The van der Waals surface area contributed by atoms with Gasteiger partial charge < -0.3 is 5.11 Å². The Morgan fingerprint density at radius 1 is 1.50 bits per heavy atom. The standard InChI is InChI=1S/C13H17ClO2/c1-7(2)10-6-12(14)9(4)11(13(10)16)5-8(3)15/h6-7,16H,5H2,1-4H3. The van der Waals surface area contributed by atoms with E-state index in [4.69, 9.17) is 11.6 Å². The molecule has 1 aromatic carbocycles. The fraction of sp³-hybridized carbons (Fsp3) is 0.462. The summed E-state index contributed by atoms with van der Waals surface area (Å²) < 4.78 is 0. The number of rotatable bonds is 3. The summed E-state index contributed by atoms with van der Waals surface area (Å²) >= 11 is 6.10. The van der Waals surface area contributed by atoms with E-state index in [0.717, 1.165) is 11.1 Å². The molecule has 16 heavy (non-hydrogen) atoms. The molecule has 1 rings (SSSR count). The van der Waals surface area contributed by atoms with Gasteiger partial charge in [-0.25, -0.2) is 0 Å². The largest absolute Gasteiger partial charge is 0.507 e. The van der Waals surface area contributed by atoms with Gasteiger partial charge in [0.05, 0.1) is 0 Å². The quantitative estimate of drug-likeness (QED) is 0.877. The summed E-state index contributed by atoms with van der Waals surface area (Å²) in [5.41, 5.74) is 2.24. The fourth-order valence-electron chi connectivity index (χ4n) is 1.71. The van der Waals surface area contributed by atoms with Crippen molar-refractivity contribution in [3.8, 4) is 5.75 Å². The lowest BCUT2D eigenvalue weighted by atomic mass is 9.93. The number of halogens is 1. The van der Waals surface area contributed by atoms with Crippen molar-refractivity contribution in [3.05, 3.63) is 27.8 Å². The van der Waals surface area contributed by atoms with Crippen LogP contribution < -0.4 is 0 Å². The van der Waals surface area contributed by atoms with Crippen LogP contribution in [0, 0.1) is 6.92 Å². The highest BCUT2D eigenvalue weighted by atomic mass is 35.5. The predicted molar refractivity (Wildman–Crippen MR) is 66.3 cm³/mol. The summed E-state index contributed by atoms with van der Waals surface area (Å²) in [6.07, 6.45) is 0.234. The van der Waals surface area contributed by atoms with Crippen LogP contribution >= 0.6 is 11.6 Å². The van der Waals surface area contributed by atoms with E-state index in [9.17, 15) is 9.90 Å². The first-order chi connectivity index (χ1) is 7.34. The molecule has 0 aliphatic carbocycles. The second-order valence-electron chi connectivity index (χ2n) is 4.43. The number of benzene rings is 1. The normalized spacial score (nSPS) is 10.9. The molecule has 0 saturated heterocycles. The molecule has 0 radical (unpaired) electrons. The molecule has 2 nitrogen and oxygen atoms in total. The van der Waals surface area contributed by atoms with E-state index in [1.807, 2.05) is 20.8 Å². The number of hydrogen-bond acceptors (Lipinski definition) is 2. The van der Waals surface area contributed by atoms with Crippen molar-refractivity contribution >= 4 is 17.4 Å². The van der Waals surface area contributed by atoms with Crippen LogP contribution in [-0.2, 0) is 11.2 Å². The van der Waals surface area contributed by atoms with Gasteiger partial charge in [0.2, 0.25) is 0 Å². The van der Waals surface area contributed by atoms with Crippen LogP contribution in [0.1, 0.15) is 43.4 Å². The molecule has 3 heteroatoms. The zero-order valence-electron chi connectivity index (χ0n) is 10.1. The van der Waals surface area contributed by atoms with E-state index in [-0.39, 0.29) is 23.9 Å². The Morgan fingerprint density at radius 3 is 2.50 bits per heavy atom. The highest BCUT2D eigenvalue weighted by Crippen LogP contribution is 2.35. The van der Waals surface area contributed by atoms with Gasteiger partial charge in [0, 0.05) is 17.0 Å². The topological polar surface area (TPSA) is 37.3 Å². The lowest BCUT2D eigenvalue weighted by Gasteiger charge is -2.15. The Labute approximate surface area is 101 Å². The van der Waals surface area contributed by atoms with Gasteiger partial charge in [0.15, 0.2) is 0 Å². The van der Waals surface area contributed by atoms with Crippen LogP contribution in [0.4, 0.5) is 0 Å². The van der Waals surface area contributed by atoms with E-state index in [1.54, 1.807) is 6.07 Å². The van der Waals surface area contributed by atoms with Crippen LogP contribution in [0.3, 0.4) is 0 Å². The first-order valence-corrected chi connectivity index (χ1v) is 5.72. The SMILES string of the molecule is CC(=O)Cc1c(C)c(Cl)cc(C(C)C)c1O. The molecule has 0 amide bonds. The Morgan fingerprint density at radius 2 is 2.06 bits per heavy atom. The van der Waals surface area contributed by atoms with Crippen molar-refractivity contribution in [1.29, 1.82) is 0 Å². The van der Waals surface area contributed by atoms with Crippen molar-refractivity contribution in [1.82, 2.24) is 0 Å². The molecular weight excluding hydrogens is 224 g/mol. The van der Waals surface area contributed by atoms with Gasteiger partial charge in [-0.2, -0.15) is 0 Å². The van der Waals surface area contributed by atoms with Crippen molar-refractivity contribution in [3.63, 3.8) is 0 Å². The number of ketones is 1. The summed E-state index contributed by atoms with van der Waals surface area (Å²) in [5.74, 6) is 0.422. The molecule has 0 saturated carbocycles. The van der Waals surface area contributed by atoms with E-state index in [1.165, 1.54) is 6.92 Å². The maximum Gasteiger partial charge on any atom is 0.134 e.